The molecule has 1 atom stereocenters. The Labute approximate surface area is 49.9 Å². The van der Waals surface area contributed by atoms with E-state index in [1.54, 1.807) is 0 Å². The third-order valence-electron chi connectivity index (χ3n) is 1.39. The van der Waals surface area contributed by atoms with Gasteiger partial charge in [0.15, 0.2) is 0 Å². The molecule has 43 valence electrons. The zero-order valence-electron chi connectivity index (χ0n) is 4.98. The molecule has 1 rings (SSSR count). The fourth-order valence-electron chi connectivity index (χ4n) is 0.787. The second kappa shape index (κ2) is 2.20. The summed E-state index contributed by atoms with van der Waals surface area (Å²) < 4.78 is 0. The Morgan fingerprint density at radius 3 is 3.00 bits per heavy atom. The molecule has 1 unspecified atom stereocenters. The summed E-state index contributed by atoms with van der Waals surface area (Å²) in [4.78, 5) is 10.7. The molecule has 3 heteroatoms. The molecule has 1 aliphatic rings. The van der Waals surface area contributed by atoms with Gasteiger partial charge in [-0.1, -0.05) is 13.2 Å². The van der Waals surface area contributed by atoms with E-state index in [0.717, 1.165) is 12.8 Å². The van der Waals surface area contributed by atoms with Gasteiger partial charge in [0, 0.05) is 5.92 Å². The summed E-state index contributed by atoms with van der Waals surface area (Å²) in [6.07, 6.45) is 1.69. The molecule has 0 bridgehead atoms. The lowest BCUT2D eigenvalue weighted by Crippen LogP contribution is -2.38. The highest BCUT2D eigenvalue weighted by Gasteiger charge is 2.16. The second-order valence-corrected chi connectivity index (χ2v) is 2.17. The minimum Gasteiger partial charge on any atom is -0.364 e. The van der Waals surface area contributed by atoms with Crippen molar-refractivity contribution in [2.75, 3.05) is 6.44 Å². The fraction of sp³-hybridized carbons (Fsp3) is 0.800. The SMILES string of the molecule is CC1C[B]CNC1=O. The van der Waals surface area contributed by atoms with Crippen LogP contribution in [0.5, 0.6) is 0 Å². The van der Waals surface area contributed by atoms with Crippen LogP contribution in [0.4, 0.5) is 0 Å². The van der Waals surface area contributed by atoms with E-state index in [0.29, 0.717) is 0 Å². The van der Waals surface area contributed by atoms with Crippen LogP contribution >= 0.6 is 0 Å². The molecule has 0 aromatic heterocycles. The van der Waals surface area contributed by atoms with Crippen molar-refractivity contribution in [3.63, 3.8) is 0 Å². The van der Waals surface area contributed by atoms with Crippen LogP contribution in [-0.2, 0) is 4.79 Å². The zero-order valence-corrected chi connectivity index (χ0v) is 4.98. The van der Waals surface area contributed by atoms with Crippen LogP contribution in [0.1, 0.15) is 6.92 Å². The number of amides is 1. The molecule has 0 saturated carbocycles. The topological polar surface area (TPSA) is 29.1 Å². The smallest absolute Gasteiger partial charge is 0.221 e. The molecule has 0 aliphatic carbocycles. The van der Waals surface area contributed by atoms with Gasteiger partial charge in [0.1, 0.15) is 7.28 Å². The first-order valence-electron chi connectivity index (χ1n) is 2.90. The van der Waals surface area contributed by atoms with Crippen molar-refractivity contribution in [1.29, 1.82) is 0 Å². The Hall–Kier alpha value is -0.465. The monoisotopic (exact) mass is 110 g/mol. The largest absolute Gasteiger partial charge is 0.364 e. The fourth-order valence-corrected chi connectivity index (χ4v) is 0.787. The van der Waals surface area contributed by atoms with Gasteiger partial charge in [0.25, 0.3) is 0 Å². The van der Waals surface area contributed by atoms with Crippen LogP contribution in [0.15, 0.2) is 0 Å². The third kappa shape index (κ3) is 1.03. The van der Waals surface area contributed by atoms with Gasteiger partial charge in [0.2, 0.25) is 5.91 Å². The van der Waals surface area contributed by atoms with E-state index < -0.39 is 0 Å². The molecule has 1 heterocycles. The van der Waals surface area contributed by atoms with Gasteiger partial charge in [-0.15, -0.1) is 0 Å². The number of carbonyl (C=O) groups excluding carboxylic acids is 1. The van der Waals surface area contributed by atoms with Gasteiger partial charge in [0.05, 0.1) is 0 Å². The molecule has 1 aliphatic heterocycles. The van der Waals surface area contributed by atoms with Crippen LogP contribution in [0.2, 0.25) is 6.32 Å². The summed E-state index contributed by atoms with van der Waals surface area (Å²) >= 11 is 0. The Morgan fingerprint density at radius 1 is 1.88 bits per heavy atom. The Kier molecular flexibility index (Phi) is 1.56. The first-order chi connectivity index (χ1) is 3.80. The molecule has 1 N–H and O–H groups in total. The van der Waals surface area contributed by atoms with Gasteiger partial charge in [-0.3, -0.25) is 4.79 Å². The van der Waals surface area contributed by atoms with Crippen molar-refractivity contribution in [1.82, 2.24) is 5.32 Å². The van der Waals surface area contributed by atoms with E-state index in [4.69, 9.17) is 0 Å². The number of hydrogen-bond acceptors (Lipinski definition) is 1. The summed E-state index contributed by atoms with van der Waals surface area (Å²) in [5.41, 5.74) is 0. The summed E-state index contributed by atoms with van der Waals surface area (Å²) in [6.45, 7) is 1.94. The molecule has 1 amide bonds. The average Bonchev–Trinajstić information content (AvgIpc) is 1.77. The maximum Gasteiger partial charge on any atom is 0.221 e. The first-order valence-corrected chi connectivity index (χ1v) is 2.90. The minimum absolute atomic E-state index is 0.188. The summed E-state index contributed by atoms with van der Waals surface area (Å²) in [6, 6.07) is 0. The summed E-state index contributed by atoms with van der Waals surface area (Å²) in [7, 11) is 2.09. The van der Waals surface area contributed by atoms with Crippen LogP contribution in [0.3, 0.4) is 0 Å². The molecule has 1 radical (unpaired) electrons. The molecule has 1 saturated heterocycles. The lowest BCUT2D eigenvalue weighted by Gasteiger charge is -2.16. The van der Waals surface area contributed by atoms with Crippen molar-refractivity contribution >= 4 is 13.2 Å². The van der Waals surface area contributed by atoms with Crippen LogP contribution in [0, 0.1) is 5.92 Å². The predicted octanol–water partition coefficient (Wildman–Crippen LogP) is -0.168. The van der Waals surface area contributed by atoms with E-state index in [9.17, 15) is 4.79 Å². The summed E-state index contributed by atoms with van der Waals surface area (Å²) in [5, 5.41) is 2.74. The van der Waals surface area contributed by atoms with Crippen molar-refractivity contribution < 1.29 is 4.79 Å². The van der Waals surface area contributed by atoms with Crippen LogP contribution in [0.25, 0.3) is 0 Å². The lowest BCUT2D eigenvalue weighted by atomic mass is 9.67. The molecule has 2 nitrogen and oxygen atoms in total. The van der Waals surface area contributed by atoms with E-state index in [1.807, 2.05) is 6.92 Å². The third-order valence-corrected chi connectivity index (χ3v) is 1.39. The van der Waals surface area contributed by atoms with E-state index in [2.05, 4.69) is 12.6 Å². The molecule has 0 spiro atoms. The van der Waals surface area contributed by atoms with Crippen molar-refractivity contribution in [2.45, 2.75) is 13.2 Å². The van der Waals surface area contributed by atoms with E-state index in [-0.39, 0.29) is 11.8 Å². The summed E-state index contributed by atoms with van der Waals surface area (Å²) in [5.74, 6) is 0.385. The number of nitrogens with one attached hydrogen (secondary N) is 1. The highest BCUT2D eigenvalue weighted by Crippen LogP contribution is 2.04. The Morgan fingerprint density at radius 2 is 2.62 bits per heavy atom. The Bertz CT molecular complexity index is 105. The quantitative estimate of drug-likeness (QED) is 0.431. The van der Waals surface area contributed by atoms with Gasteiger partial charge < -0.3 is 5.32 Å². The zero-order chi connectivity index (χ0) is 5.98. The second-order valence-electron chi connectivity index (χ2n) is 2.17. The number of hydrogen-bond donors (Lipinski definition) is 1. The molecular weight excluding hydrogens is 101 g/mol. The molecule has 1 fully saturated rings. The predicted molar refractivity (Wildman–Crippen MR) is 32.7 cm³/mol. The van der Waals surface area contributed by atoms with Crippen molar-refractivity contribution in [3.8, 4) is 0 Å². The molecule has 0 aromatic carbocycles. The molecule has 8 heavy (non-hydrogen) atoms. The van der Waals surface area contributed by atoms with Gasteiger partial charge >= 0.3 is 0 Å². The lowest BCUT2D eigenvalue weighted by molar-refractivity contribution is -0.124. The molecular formula is C5H9BNO. The van der Waals surface area contributed by atoms with E-state index in [1.165, 1.54) is 0 Å². The van der Waals surface area contributed by atoms with E-state index >= 15 is 0 Å². The van der Waals surface area contributed by atoms with Crippen molar-refractivity contribution in [3.05, 3.63) is 0 Å². The maximum absolute atomic E-state index is 10.7. The standard InChI is InChI=1S/C5H9BNO/c1-4-2-6-3-7-5(4)8/h4H,2-3H2,1H3,(H,7,8). The van der Waals surface area contributed by atoms with Crippen molar-refractivity contribution in [2.24, 2.45) is 5.92 Å². The van der Waals surface area contributed by atoms with Crippen LogP contribution in [-0.4, -0.2) is 19.6 Å². The maximum atomic E-state index is 10.7. The average molecular weight is 110 g/mol. The van der Waals surface area contributed by atoms with Gasteiger partial charge in [-0.05, 0) is 6.44 Å². The van der Waals surface area contributed by atoms with Gasteiger partial charge in [-0.2, -0.15) is 0 Å². The number of rotatable bonds is 0. The first kappa shape index (κ1) is 5.67. The normalized spacial score (nSPS) is 28.6. The highest BCUT2D eigenvalue weighted by atomic mass is 16.1. The minimum atomic E-state index is 0.188. The molecule has 0 aromatic rings. The van der Waals surface area contributed by atoms with Crippen LogP contribution < -0.4 is 5.32 Å². The van der Waals surface area contributed by atoms with Gasteiger partial charge in [-0.25, -0.2) is 0 Å². The Balaban J connectivity index is 2.39. The highest BCUT2D eigenvalue weighted by molar-refractivity contribution is 6.37. The number of carbonyl (C=O) groups is 1.